The number of amides is 1. The summed E-state index contributed by atoms with van der Waals surface area (Å²) in [7, 11) is 0. The van der Waals surface area contributed by atoms with Crippen molar-refractivity contribution in [1.29, 1.82) is 0 Å². The number of nitrogens with one attached hydrogen (secondary N) is 1. The molecule has 1 N–H and O–H groups in total. The van der Waals surface area contributed by atoms with E-state index < -0.39 is 47.1 Å². The van der Waals surface area contributed by atoms with Gasteiger partial charge < -0.3 is 9.73 Å². The van der Waals surface area contributed by atoms with Crippen LogP contribution in [0.3, 0.4) is 0 Å². The molecule has 0 saturated carbocycles. The molecule has 4 heterocycles. The highest BCUT2D eigenvalue weighted by molar-refractivity contribution is 5.95. The van der Waals surface area contributed by atoms with Crippen molar-refractivity contribution in [3.8, 4) is 11.3 Å². The van der Waals surface area contributed by atoms with Gasteiger partial charge in [0.2, 0.25) is 11.7 Å². The molecule has 0 aliphatic rings. The Morgan fingerprint density at radius 2 is 1.78 bits per heavy atom. The van der Waals surface area contributed by atoms with Gasteiger partial charge in [0.05, 0.1) is 41.3 Å². The van der Waals surface area contributed by atoms with E-state index in [0.29, 0.717) is 17.1 Å². The Morgan fingerprint density at radius 1 is 1.06 bits per heavy atom. The number of furan rings is 1. The van der Waals surface area contributed by atoms with Crippen molar-refractivity contribution in [3.05, 3.63) is 83.4 Å². The molecule has 5 rings (SSSR count). The number of pyridine rings is 1. The second-order valence-electron chi connectivity index (χ2n) is 7.80. The number of hydrogen-bond acceptors (Lipinski definition) is 5. The average Bonchev–Trinajstić information content (AvgIpc) is 3.61. The second-order valence-corrected chi connectivity index (χ2v) is 7.80. The van der Waals surface area contributed by atoms with Crippen molar-refractivity contribution < 1.29 is 31.2 Å². The molecule has 0 radical (unpaired) electrons. The van der Waals surface area contributed by atoms with Gasteiger partial charge in [0.25, 0.3) is 0 Å². The first-order valence-corrected chi connectivity index (χ1v) is 10.4. The largest absolute Gasteiger partial charge is 0.464 e. The molecule has 0 bridgehead atoms. The molecule has 4 aromatic heterocycles. The molecule has 5 aromatic rings. The Morgan fingerprint density at radius 3 is 2.47 bits per heavy atom. The van der Waals surface area contributed by atoms with E-state index in [1.165, 1.54) is 17.1 Å². The molecular weight excluding hydrogens is 487 g/mol. The van der Waals surface area contributed by atoms with E-state index in [-0.39, 0.29) is 12.2 Å². The molecule has 1 amide bonds. The Labute approximate surface area is 199 Å². The smallest absolute Gasteiger partial charge is 0.246 e. The predicted octanol–water partition coefficient (Wildman–Crippen LogP) is 4.58. The molecule has 36 heavy (non-hydrogen) atoms. The minimum absolute atomic E-state index is 0.140. The fourth-order valence-corrected chi connectivity index (χ4v) is 3.83. The number of aromatic nitrogens is 5. The quantitative estimate of drug-likeness (QED) is 0.209. The number of rotatable bonds is 6. The van der Waals surface area contributed by atoms with Crippen LogP contribution in [0.4, 0.5) is 27.6 Å². The fraction of sp³-hybridized carbons (Fsp3) is 0.130. The number of halogens is 5. The zero-order chi connectivity index (χ0) is 25.6. The van der Waals surface area contributed by atoms with Gasteiger partial charge in [-0.15, -0.1) is 0 Å². The summed E-state index contributed by atoms with van der Waals surface area (Å²) in [4.78, 5) is 17.0. The third kappa shape index (κ3) is 3.97. The van der Waals surface area contributed by atoms with Crippen LogP contribution >= 0.6 is 0 Å². The van der Waals surface area contributed by atoms with Crippen molar-refractivity contribution in [1.82, 2.24) is 24.5 Å². The zero-order valence-corrected chi connectivity index (χ0v) is 18.4. The van der Waals surface area contributed by atoms with Gasteiger partial charge >= 0.3 is 0 Å². The monoisotopic (exact) mass is 502 g/mol. The summed E-state index contributed by atoms with van der Waals surface area (Å²) in [5.74, 6) is -10.1. The van der Waals surface area contributed by atoms with Crippen LogP contribution < -0.4 is 5.32 Å². The number of aryl methyl sites for hydroxylation is 1. The zero-order valence-electron chi connectivity index (χ0n) is 18.4. The lowest BCUT2D eigenvalue weighted by molar-refractivity contribution is -0.116. The molecule has 8 nitrogen and oxygen atoms in total. The molecule has 0 aliphatic heterocycles. The summed E-state index contributed by atoms with van der Waals surface area (Å²) in [5, 5.41) is 11.5. The Kier molecular flexibility index (Phi) is 5.74. The molecule has 1 aromatic carbocycles. The lowest BCUT2D eigenvalue weighted by Crippen LogP contribution is -2.19. The van der Waals surface area contributed by atoms with Crippen LogP contribution in [0.1, 0.15) is 11.3 Å². The normalized spacial score (nSPS) is 11.4. The molecule has 0 spiro atoms. The van der Waals surface area contributed by atoms with Gasteiger partial charge in [-0.05, 0) is 25.1 Å². The summed E-state index contributed by atoms with van der Waals surface area (Å²) in [5.41, 5.74) is 0.945. The molecule has 0 atom stereocenters. The maximum Gasteiger partial charge on any atom is 0.246 e. The van der Waals surface area contributed by atoms with Crippen LogP contribution in [0.2, 0.25) is 0 Å². The number of carbonyl (C=O) groups is 1. The molecular formula is C23H15F5N6O2. The van der Waals surface area contributed by atoms with Crippen LogP contribution in [0.5, 0.6) is 0 Å². The highest BCUT2D eigenvalue weighted by Crippen LogP contribution is 2.30. The van der Waals surface area contributed by atoms with Crippen molar-refractivity contribution >= 4 is 22.6 Å². The molecule has 13 heteroatoms. The summed E-state index contributed by atoms with van der Waals surface area (Å²) < 4.78 is 75.8. The van der Waals surface area contributed by atoms with Crippen LogP contribution in [-0.2, 0) is 17.9 Å². The number of fused-ring (bicyclic) bond motifs is 1. The minimum Gasteiger partial charge on any atom is -0.464 e. The maximum absolute atomic E-state index is 13.9. The van der Waals surface area contributed by atoms with Crippen molar-refractivity contribution in [2.75, 3.05) is 5.32 Å². The van der Waals surface area contributed by atoms with Crippen LogP contribution in [-0.4, -0.2) is 30.5 Å². The number of benzene rings is 1. The Bertz CT molecular complexity index is 1580. The first-order chi connectivity index (χ1) is 17.2. The van der Waals surface area contributed by atoms with Gasteiger partial charge in [0.15, 0.2) is 28.9 Å². The third-order valence-corrected chi connectivity index (χ3v) is 5.43. The SMILES string of the molecule is Cc1nn(CC(=O)Nc2cnn(Cc3c(F)c(F)c(F)c(F)c3F)c2)c2nccc(-c3ccco3)c12. The predicted molar refractivity (Wildman–Crippen MR) is 116 cm³/mol. The van der Waals surface area contributed by atoms with E-state index in [2.05, 4.69) is 20.5 Å². The first-order valence-electron chi connectivity index (χ1n) is 10.4. The Hall–Kier alpha value is -4.55. The van der Waals surface area contributed by atoms with Gasteiger partial charge in [0.1, 0.15) is 12.3 Å². The van der Waals surface area contributed by atoms with Crippen LogP contribution in [0.15, 0.2) is 47.5 Å². The molecule has 0 fully saturated rings. The summed E-state index contributed by atoms with van der Waals surface area (Å²) in [6.45, 7) is 0.806. The second kappa shape index (κ2) is 8.91. The van der Waals surface area contributed by atoms with E-state index in [4.69, 9.17) is 4.42 Å². The van der Waals surface area contributed by atoms with Gasteiger partial charge in [-0.2, -0.15) is 10.2 Å². The van der Waals surface area contributed by atoms with Gasteiger partial charge in [-0.25, -0.2) is 31.6 Å². The minimum atomic E-state index is -2.24. The van der Waals surface area contributed by atoms with E-state index >= 15 is 0 Å². The standard InChI is InChI=1S/C23H15F5N6O2/c1-11-17-13(15-3-2-6-36-15)4-5-29-23(17)34(32-11)10-16(35)31-12-7-30-33(8-12)9-14-18(24)20(26)22(28)21(27)19(14)25/h2-8H,9-10H2,1H3,(H,31,35). The Balaban J connectivity index is 1.34. The molecule has 184 valence electrons. The van der Waals surface area contributed by atoms with Crippen molar-refractivity contribution in [2.45, 2.75) is 20.0 Å². The number of nitrogens with zero attached hydrogens (tertiary/aromatic N) is 5. The third-order valence-electron chi connectivity index (χ3n) is 5.43. The van der Waals surface area contributed by atoms with Crippen molar-refractivity contribution in [3.63, 3.8) is 0 Å². The highest BCUT2D eigenvalue weighted by Gasteiger charge is 2.26. The molecule has 0 saturated heterocycles. The fourth-order valence-electron chi connectivity index (χ4n) is 3.83. The van der Waals surface area contributed by atoms with Gasteiger partial charge in [0, 0.05) is 18.0 Å². The summed E-state index contributed by atoms with van der Waals surface area (Å²) in [6, 6.07) is 5.32. The maximum atomic E-state index is 13.9. The topological polar surface area (TPSA) is 90.8 Å². The number of hydrogen-bond donors (Lipinski definition) is 1. The van der Waals surface area contributed by atoms with E-state index in [0.717, 1.165) is 15.6 Å². The van der Waals surface area contributed by atoms with E-state index in [9.17, 15) is 26.7 Å². The lowest BCUT2D eigenvalue weighted by atomic mass is 10.1. The van der Waals surface area contributed by atoms with Gasteiger partial charge in [-0.1, -0.05) is 0 Å². The van der Waals surface area contributed by atoms with Crippen LogP contribution in [0, 0.1) is 36.0 Å². The molecule has 0 aliphatic carbocycles. The number of carbonyl (C=O) groups excluding carboxylic acids is 1. The van der Waals surface area contributed by atoms with E-state index in [1.54, 1.807) is 37.6 Å². The van der Waals surface area contributed by atoms with Crippen molar-refractivity contribution in [2.24, 2.45) is 0 Å². The summed E-state index contributed by atoms with van der Waals surface area (Å²) >= 11 is 0. The number of anilines is 1. The molecule has 0 unspecified atom stereocenters. The van der Waals surface area contributed by atoms with Gasteiger partial charge in [-0.3, -0.25) is 9.48 Å². The lowest BCUT2D eigenvalue weighted by Gasteiger charge is -2.08. The first kappa shape index (κ1) is 23.2. The van der Waals surface area contributed by atoms with E-state index in [1.807, 2.05) is 0 Å². The average molecular weight is 502 g/mol. The summed E-state index contributed by atoms with van der Waals surface area (Å²) in [6.07, 6.45) is 5.47. The van der Waals surface area contributed by atoms with Crippen LogP contribution in [0.25, 0.3) is 22.4 Å². The highest BCUT2D eigenvalue weighted by atomic mass is 19.2.